The first-order valence-electron chi connectivity index (χ1n) is 5.47. The van der Waals surface area contributed by atoms with Crippen molar-refractivity contribution in [3.8, 4) is 0 Å². The molecule has 0 heterocycles. The molecule has 0 radical (unpaired) electrons. The summed E-state index contributed by atoms with van der Waals surface area (Å²) in [5.74, 6) is 0. The highest BCUT2D eigenvalue weighted by Crippen LogP contribution is 2.37. The smallest absolute Gasteiger partial charge is 0.207 e. The molecule has 0 N–H and O–H groups in total. The van der Waals surface area contributed by atoms with Gasteiger partial charge in [-0.2, -0.15) is 13.2 Å². The summed E-state index contributed by atoms with van der Waals surface area (Å²) in [6.07, 6.45) is -1.04. The lowest BCUT2D eigenvalue weighted by atomic mass is 10.2. The van der Waals surface area contributed by atoms with Gasteiger partial charge in [0.2, 0.25) is 0 Å². The van der Waals surface area contributed by atoms with Crippen LogP contribution in [0.15, 0.2) is 29.2 Å². The SMILES string of the molecule is CSc1ccccc1CN(C1CC1)C(F)(F)F. The van der Waals surface area contributed by atoms with Crippen LogP contribution in [0.4, 0.5) is 13.2 Å². The van der Waals surface area contributed by atoms with Crippen LogP contribution in [0.3, 0.4) is 0 Å². The molecule has 1 aliphatic rings. The van der Waals surface area contributed by atoms with Gasteiger partial charge < -0.3 is 0 Å². The normalized spacial score (nSPS) is 16.5. The molecule has 0 spiro atoms. The molecule has 1 nitrogen and oxygen atoms in total. The van der Waals surface area contributed by atoms with Crippen molar-refractivity contribution in [2.45, 2.75) is 36.6 Å². The Labute approximate surface area is 103 Å². The van der Waals surface area contributed by atoms with Crippen LogP contribution >= 0.6 is 11.8 Å². The van der Waals surface area contributed by atoms with Crippen molar-refractivity contribution in [3.05, 3.63) is 29.8 Å². The molecule has 2 rings (SSSR count). The van der Waals surface area contributed by atoms with Gasteiger partial charge in [-0.25, -0.2) is 4.90 Å². The maximum atomic E-state index is 12.9. The minimum atomic E-state index is -4.23. The number of hydrogen-bond donors (Lipinski definition) is 0. The summed E-state index contributed by atoms with van der Waals surface area (Å²) in [6.45, 7) is -0.0365. The van der Waals surface area contributed by atoms with Crippen LogP contribution in [-0.2, 0) is 6.54 Å². The number of alkyl halides is 3. The van der Waals surface area contributed by atoms with Gasteiger partial charge in [0.1, 0.15) is 0 Å². The summed E-state index contributed by atoms with van der Waals surface area (Å²) in [4.78, 5) is 1.57. The van der Waals surface area contributed by atoms with Gasteiger partial charge >= 0.3 is 6.30 Å². The lowest BCUT2D eigenvalue weighted by Crippen LogP contribution is -2.39. The lowest BCUT2D eigenvalue weighted by Gasteiger charge is -2.25. The molecule has 1 aromatic rings. The summed E-state index contributed by atoms with van der Waals surface area (Å²) >= 11 is 1.49. The third-order valence-electron chi connectivity index (χ3n) is 2.85. The lowest BCUT2D eigenvalue weighted by molar-refractivity contribution is -0.253. The molecule has 0 aromatic heterocycles. The molecule has 0 aliphatic heterocycles. The van der Waals surface area contributed by atoms with E-state index in [1.807, 2.05) is 18.4 Å². The molecule has 1 fully saturated rings. The van der Waals surface area contributed by atoms with Crippen molar-refractivity contribution in [1.82, 2.24) is 4.90 Å². The van der Waals surface area contributed by atoms with Gasteiger partial charge in [-0.05, 0) is 30.7 Å². The van der Waals surface area contributed by atoms with E-state index in [0.29, 0.717) is 17.7 Å². The number of rotatable bonds is 4. The Bertz CT molecular complexity index is 388. The van der Waals surface area contributed by atoms with E-state index in [-0.39, 0.29) is 12.6 Å². The first-order valence-corrected chi connectivity index (χ1v) is 6.70. The van der Waals surface area contributed by atoms with E-state index >= 15 is 0 Å². The van der Waals surface area contributed by atoms with Crippen LogP contribution in [0.25, 0.3) is 0 Å². The molecule has 0 atom stereocenters. The Kier molecular flexibility index (Phi) is 3.68. The molecule has 1 aromatic carbocycles. The first-order chi connectivity index (χ1) is 8.02. The van der Waals surface area contributed by atoms with Crippen molar-refractivity contribution >= 4 is 11.8 Å². The average Bonchev–Trinajstić information content (AvgIpc) is 3.08. The minimum absolute atomic E-state index is 0.0365. The fourth-order valence-corrected chi connectivity index (χ4v) is 2.44. The standard InChI is InChI=1S/C12H14F3NS/c1-17-11-5-3-2-4-9(11)8-16(10-6-7-10)12(13,14)15/h2-5,10H,6-8H2,1H3. The third kappa shape index (κ3) is 3.16. The second-order valence-corrected chi connectivity index (χ2v) is 4.99. The molecule has 0 bridgehead atoms. The number of thioether (sulfide) groups is 1. The van der Waals surface area contributed by atoms with E-state index in [1.54, 1.807) is 12.1 Å². The van der Waals surface area contributed by atoms with Gasteiger partial charge in [0.15, 0.2) is 0 Å². The summed E-state index contributed by atoms with van der Waals surface area (Å²) in [5.41, 5.74) is 0.754. The topological polar surface area (TPSA) is 3.24 Å². The number of halogens is 3. The van der Waals surface area contributed by atoms with Crippen molar-refractivity contribution in [1.29, 1.82) is 0 Å². The fourth-order valence-electron chi connectivity index (χ4n) is 1.83. The van der Waals surface area contributed by atoms with Gasteiger partial charge in [0.25, 0.3) is 0 Å². The van der Waals surface area contributed by atoms with Gasteiger partial charge in [0.05, 0.1) is 0 Å². The number of hydrogen-bond acceptors (Lipinski definition) is 2. The van der Waals surface area contributed by atoms with Gasteiger partial charge in [-0.1, -0.05) is 18.2 Å². The van der Waals surface area contributed by atoms with Crippen molar-refractivity contribution in [2.75, 3.05) is 6.26 Å². The Balaban J connectivity index is 2.17. The predicted octanol–water partition coefficient (Wildman–Crippen LogP) is 3.89. The predicted molar refractivity (Wildman–Crippen MR) is 62.8 cm³/mol. The third-order valence-corrected chi connectivity index (χ3v) is 3.68. The average molecular weight is 261 g/mol. The van der Waals surface area contributed by atoms with E-state index in [2.05, 4.69) is 0 Å². The summed E-state index contributed by atoms with van der Waals surface area (Å²) in [5, 5.41) is 0. The Hall–Kier alpha value is -0.680. The zero-order chi connectivity index (χ0) is 12.5. The van der Waals surface area contributed by atoms with Crippen LogP contribution in [0, 0.1) is 0 Å². The summed E-state index contributed by atoms with van der Waals surface area (Å²) in [6, 6.07) is 6.96. The van der Waals surface area contributed by atoms with Crippen LogP contribution < -0.4 is 0 Å². The van der Waals surface area contributed by atoms with Crippen molar-refractivity contribution in [3.63, 3.8) is 0 Å². The van der Waals surface area contributed by atoms with Gasteiger partial charge in [0, 0.05) is 17.5 Å². The largest absolute Gasteiger partial charge is 0.460 e. The molecule has 1 aliphatic carbocycles. The molecule has 17 heavy (non-hydrogen) atoms. The zero-order valence-corrected chi connectivity index (χ0v) is 10.3. The minimum Gasteiger partial charge on any atom is -0.207 e. The van der Waals surface area contributed by atoms with Crippen molar-refractivity contribution < 1.29 is 13.2 Å². The van der Waals surface area contributed by atoms with Gasteiger partial charge in [-0.3, -0.25) is 0 Å². The molecule has 5 heteroatoms. The number of nitrogens with zero attached hydrogens (tertiary/aromatic N) is 1. The maximum Gasteiger partial charge on any atom is 0.460 e. The molecular weight excluding hydrogens is 247 g/mol. The Morgan fingerprint density at radius 1 is 1.29 bits per heavy atom. The van der Waals surface area contributed by atoms with E-state index in [9.17, 15) is 13.2 Å². The van der Waals surface area contributed by atoms with Crippen molar-refractivity contribution in [2.24, 2.45) is 0 Å². The zero-order valence-electron chi connectivity index (χ0n) is 9.50. The van der Waals surface area contributed by atoms with E-state index < -0.39 is 6.30 Å². The Morgan fingerprint density at radius 2 is 1.94 bits per heavy atom. The molecule has 0 unspecified atom stereocenters. The van der Waals surface area contributed by atoms with Crippen LogP contribution in [0.1, 0.15) is 18.4 Å². The summed E-state index contributed by atoms with van der Waals surface area (Å²) in [7, 11) is 0. The van der Waals surface area contributed by atoms with E-state index in [4.69, 9.17) is 0 Å². The monoisotopic (exact) mass is 261 g/mol. The van der Waals surface area contributed by atoms with E-state index in [1.165, 1.54) is 11.8 Å². The van der Waals surface area contributed by atoms with Gasteiger partial charge in [-0.15, -0.1) is 11.8 Å². The van der Waals surface area contributed by atoms with Crippen LogP contribution in [0.2, 0.25) is 0 Å². The number of benzene rings is 1. The highest BCUT2D eigenvalue weighted by Gasteiger charge is 2.46. The highest BCUT2D eigenvalue weighted by molar-refractivity contribution is 7.98. The maximum absolute atomic E-state index is 12.9. The second kappa shape index (κ2) is 4.90. The Morgan fingerprint density at radius 3 is 2.47 bits per heavy atom. The second-order valence-electron chi connectivity index (χ2n) is 4.14. The fraction of sp³-hybridized carbons (Fsp3) is 0.500. The molecule has 0 amide bonds. The van der Waals surface area contributed by atoms with E-state index in [0.717, 1.165) is 10.5 Å². The molecular formula is C12H14F3NS. The summed E-state index contributed by atoms with van der Waals surface area (Å²) < 4.78 is 38.6. The van der Waals surface area contributed by atoms with Crippen LogP contribution in [0.5, 0.6) is 0 Å². The molecule has 0 saturated heterocycles. The quantitative estimate of drug-likeness (QED) is 0.597. The van der Waals surface area contributed by atoms with Crippen LogP contribution in [-0.4, -0.2) is 23.5 Å². The molecule has 94 valence electrons. The first kappa shape index (κ1) is 12.8. The highest BCUT2D eigenvalue weighted by atomic mass is 32.2. The molecule has 1 saturated carbocycles.